The molecule has 1 aromatic heterocycles. The number of nitrogens with two attached hydrogens (primary N) is 1. The largest absolute Gasteiger partial charge is 0.507 e. The van der Waals surface area contributed by atoms with E-state index in [9.17, 15) is 5.11 Å². The molecule has 0 radical (unpaired) electrons. The van der Waals surface area contributed by atoms with E-state index in [4.69, 9.17) is 11.0 Å². The average Bonchev–Trinajstić information content (AvgIpc) is 2.86. The van der Waals surface area contributed by atoms with Gasteiger partial charge >= 0.3 is 0 Å². The zero-order chi connectivity index (χ0) is 20.3. The highest BCUT2D eigenvalue weighted by molar-refractivity contribution is 5.68. The lowest BCUT2D eigenvalue weighted by atomic mass is 9.87. The number of aromatic hydroxyl groups is 1. The summed E-state index contributed by atoms with van der Waals surface area (Å²) in [4.78, 5) is 1.84. The number of benzene rings is 1. The van der Waals surface area contributed by atoms with E-state index in [1.54, 1.807) is 24.3 Å². The SMILES string of the molecule is CC[C@]1(F)CCCC(N)C[C@@H]1N(C)c1ccc(-c2ccc(C#N)cc2O)nn1. The fourth-order valence-electron chi connectivity index (χ4n) is 3.99. The molecule has 3 rings (SSSR count). The second-order valence-electron chi connectivity index (χ2n) is 7.52. The standard InChI is InChI=1S/C21H26FN5O/c1-3-21(22)10-4-5-15(24)12-19(21)27(2)20-9-8-17(25-26-20)16-7-6-14(13-23)11-18(16)28/h6-9,11,15,19,28H,3-5,10,12,24H2,1-2H3/t15?,19-,21-/m0/s1. The van der Waals surface area contributed by atoms with Gasteiger partial charge in [-0.1, -0.05) is 6.92 Å². The highest BCUT2D eigenvalue weighted by atomic mass is 19.1. The predicted molar refractivity (Wildman–Crippen MR) is 107 cm³/mol. The minimum Gasteiger partial charge on any atom is -0.507 e. The maximum atomic E-state index is 15.6. The molecule has 28 heavy (non-hydrogen) atoms. The molecule has 2 aromatic rings. The topological polar surface area (TPSA) is 99.1 Å². The number of aromatic nitrogens is 2. The average molecular weight is 383 g/mol. The first-order valence-corrected chi connectivity index (χ1v) is 9.62. The normalized spacial score (nSPS) is 25.0. The lowest BCUT2D eigenvalue weighted by molar-refractivity contribution is 0.106. The van der Waals surface area contributed by atoms with Crippen LogP contribution in [-0.2, 0) is 0 Å². The van der Waals surface area contributed by atoms with Gasteiger partial charge in [-0.2, -0.15) is 5.26 Å². The molecule has 6 nitrogen and oxygen atoms in total. The second-order valence-corrected chi connectivity index (χ2v) is 7.52. The van der Waals surface area contributed by atoms with Crippen molar-refractivity contribution in [2.45, 2.75) is 56.8 Å². The van der Waals surface area contributed by atoms with Gasteiger partial charge < -0.3 is 15.7 Å². The highest BCUT2D eigenvalue weighted by Gasteiger charge is 2.42. The summed E-state index contributed by atoms with van der Waals surface area (Å²) in [6.07, 6.45) is 3.12. The van der Waals surface area contributed by atoms with Crippen molar-refractivity contribution in [1.29, 1.82) is 5.26 Å². The van der Waals surface area contributed by atoms with Crippen molar-refractivity contribution in [3.8, 4) is 23.1 Å². The molecule has 0 saturated heterocycles. The van der Waals surface area contributed by atoms with Gasteiger partial charge in [0.2, 0.25) is 0 Å². The fourth-order valence-corrected chi connectivity index (χ4v) is 3.99. The van der Waals surface area contributed by atoms with Gasteiger partial charge in [0.1, 0.15) is 11.4 Å². The number of hydrogen-bond donors (Lipinski definition) is 2. The molecule has 3 N–H and O–H groups in total. The van der Waals surface area contributed by atoms with Crippen molar-refractivity contribution in [2.75, 3.05) is 11.9 Å². The number of hydrogen-bond acceptors (Lipinski definition) is 6. The van der Waals surface area contributed by atoms with Crippen LogP contribution in [0.4, 0.5) is 10.2 Å². The summed E-state index contributed by atoms with van der Waals surface area (Å²) in [6.45, 7) is 1.88. The van der Waals surface area contributed by atoms with Gasteiger partial charge in [0.15, 0.2) is 5.82 Å². The zero-order valence-corrected chi connectivity index (χ0v) is 16.3. The molecule has 1 fully saturated rings. The number of nitrogens with zero attached hydrogens (tertiary/aromatic N) is 4. The molecule has 0 spiro atoms. The van der Waals surface area contributed by atoms with E-state index >= 15 is 4.39 Å². The van der Waals surface area contributed by atoms with Gasteiger partial charge in [0.05, 0.1) is 23.4 Å². The minimum atomic E-state index is -1.31. The van der Waals surface area contributed by atoms with E-state index < -0.39 is 5.67 Å². The molecule has 1 saturated carbocycles. The van der Waals surface area contributed by atoms with Crippen LogP contribution >= 0.6 is 0 Å². The molecule has 148 valence electrons. The van der Waals surface area contributed by atoms with Crippen LogP contribution < -0.4 is 10.6 Å². The van der Waals surface area contributed by atoms with Gasteiger partial charge in [-0.25, -0.2) is 4.39 Å². The van der Waals surface area contributed by atoms with E-state index in [1.807, 2.05) is 24.9 Å². The highest BCUT2D eigenvalue weighted by Crippen LogP contribution is 2.37. The summed E-state index contributed by atoms with van der Waals surface area (Å²) in [5, 5.41) is 27.5. The molecular formula is C21H26FN5O. The Hall–Kier alpha value is -2.72. The smallest absolute Gasteiger partial charge is 0.151 e. The molecule has 1 aliphatic rings. The van der Waals surface area contributed by atoms with E-state index in [0.717, 1.165) is 12.8 Å². The first kappa shape index (κ1) is 20.0. The molecule has 3 atom stereocenters. The predicted octanol–water partition coefficient (Wildman–Crippen LogP) is 3.55. The Bertz CT molecular complexity index is 866. The van der Waals surface area contributed by atoms with Crippen LogP contribution in [0.25, 0.3) is 11.3 Å². The Kier molecular flexibility index (Phi) is 5.80. The molecule has 7 heteroatoms. The quantitative estimate of drug-likeness (QED) is 0.784. The van der Waals surface area contributed by atoms with Crippen molar-refractivity contribution < 1.29 is 9.50 Å². The van der Waals surface area contributed by atoms with E-state index in [0.29, 0.717) is 41.9 Å². The monoisotopic (exact) mass is 383 g/mol. The lowest BCUT2D eigenvalue weighted by Crippen LogP contribution is -2.50. The lowest BCUT2D eigenvalue weighted by Gasteiger charge is -2.39. The van der Waals surface area contributed by atoms with Crippen LogP contribution in [0.1, 0.15) is 44.6 Å². The number of rotatable bonds is 4. The van der Waals surface area contributed by atoms with Crippen LogP contribution in [0.15, 0.2) is 30.3 Å². The van der Waals surface area contributed by atoms with Gasteiger partial charge in [0.25, 0.3) is 0 Å². The van der Waals surface area contributed by atoms with Crippen molar-refractivity contribution >= 4 is 5.82 Å². The maximum absolute atomic E-state index is 15.6. The summed E-state index contributed by atoms with van der Waals surface area (Å²) in [6, 6.07) is 9.74. The Balaban J connectivity index is 1.87. The fraction of sp³-hybridized carbons (Fsp3) is 0.476. The second kappa shape index (κ2) is 8.11. The first-order valence-electron chi connectivity index (χ1n) is 9.62. The summed E-state index contributed by atoms with van der Waals surface area (Å²) in [7, 11) is 1.83. The third-order valence-corrected chi connectivity index (χ3v) is 5.76. The molecule has 0 bridgehead atoms. The van der Waals surface area contributed by atoms with Crippen molar-refractivity contribution in [1.82, 2.24) is 10.2 Å². The van der Waals surface area contributed by atoms with Crippen LogP contribution in [0.2, 0.25) is 0 Å². The summed E-state index contributed by atoms with van der Waals surface area (Å²) in [5.41, 5.74) is 6.21. The van der Waals surface area contributed by atoms with Crippen molar-refractivity contribution in [3.63, 3.8) is 0 Å². The molecule has 1 heterocycles. The number of alkyl halides is 1. The molecule has 0 amide bonds. The molecule has 1 unspecified atom stereocenters. The third-order valence-electron chi connectivity index (χ3n) is 5.76. The summed E-state index contributed by atoms with van der Waals surface area (Å²) >= 11 is 0. The number of anilines is 1. The van der Waals surface area contributed by atoms with Crippen LogP contribution in [-0.4, -0.2) is 40.1 Å². The van der Waals surface area contributed by atoms with Gasteiger partial charge in [-0.15, -0.1) is 10.2 Å². The minimum absolute atomic E-state index is 0.0283. The van der Waals surface area contributed by atoms with Crippen molar-refractivity contribution in [2.24, 2.45) is 5.73 Å². The Morgan fingerprint density at radius 1 is 1.36 bits per heavy atom. The van der Waals surface area contributed by atoms with Gasteiger partial charge in [-0.05, 0) is 62.4 Å². The van der Waals surface area contributed by atoms with Crippen molar-refractivity contribution in [3.05, 3.63) is 35.9 Å². The van der Waals surface area contributed by atoms with Crippen LogP contribution in [0, 0.1) is 11.3 Å². The third kappa shape index (κ3) is 3.92. The van der Waals surface area contributed by atoms with E-state index in [-0.39, 0.29) is 17.8 Å². The number of phenols is 1. The Morgan fingerprint density at radius 3 is 2.75 bits per heavy atom. The van der Waals surface area contributed by atoms with E-state index in [1.165, 1.54) is 6.07 Å². The summed E-state index contributed by atoms with van der Waals surface area (Å²) in [5.74, 6) is 0.532. The molecule has 1 aliphatic carbocycles. The van der Waals surface area contributed by atoms with Crippen LogP contribution in [0.5, 0.6) is 5.75 Å². The number of nitriles is 1. The molecular weight excluding hydrogens is 357 g/mol. The number of halogens is 1. The van der Waals surface area contributed by atoms with Gasteiger partial charge in [0, 0.05) is 18.7 Å². The number of phenolic OH excluding ortho intramolecular Hbond substituents is 1. The summed E-state index contributed by atoms with van der Waals surface area (Å²) < 4.78 is 15.6. The van der Waals surface area contributed by atoms with E-state index in [2.05, 4.69) is 10.2 Å². The first-order chi connectivity index (χ1) is 13.4. The van der Waals surface area contributed by atoms with Crippen LogP contribution in [0.3, 0.4) is 0 Å². The Morgan fingerprint density at radius 2 is 2.14 bits per heavy atom. The maximum Gasteiger partial charge on any atom is 0.151 e. The van der Waals surface area contributed by atoms with Gasteiger partial charge in [-0.3, -0.25) is 0 Å². The Labute approximate surface area is 164 Å². The zero-order valence-electron chi connectivity index (χ0n) is 16.3. The molecule has 1 aromatic carbocycles. The molecule has 0 aliphatic heterocycles.